The lowest BCUT2D eigenvalue weighted by molar-refractivity contribution is 0.0731. The summed E-state index contributed by atoms with van der Waals surface area (Å²) in [5.74, 6) is 0.0450. The maximum Gasteiger partial charge on any atom is 0.254 e. The van der Waals surface area contributed by atoms with Crippen molar-refractivity contribution in [3.8, 4) is 0 Å². The lowest BCUT2D eigenvalue weighted by atomic mass is 10.0. The van der Waals surface area contributed by atoms with Gasteiger partial charge in [0, 0.05) is 62.1 Å². The Hall–Kier alpha value is -2.73. The van der Waals surface area contributed by atoms with E-state index in [1.54, 1.807) is 13.3 Å². The maximum atomic E-state index is 13.0. The highest BCUT2D eigenvalue weighted by atomic mass is 16.5. The van der Waals surface area contributed by atoms with Crippen LogP contribution >= 0.6 is 0 Å². The van der Waals surface area contributed by atoms with Gasteiger partial charge in [0.15, 0.2) is 0 Å². The van der Waals surface area contributed by atoms with Crippen molar-refractivity contribution >= 4 is 16.8 Å². The van der Waals surface area contributed by atoms with Gasteiger partial charge in [-0.2, -0.15) is 5.10 Å². The SMILES string of the molecule is COCc1nn(C)c2c1CN(C(=O)c1ccc3ncccc3c1)CC2. The van der Waals surface area contributed by atoms with E-state index in [2.05, 4.69) is 10.1 Å². The topological polar surface area (TPSA) is 60.2 Å². The van der Waals surface area contributed by atoms with Crippen molar-refractivity contribution in [3.05, 3.63) is 59.0 Å². The molecule has 1 aliphatic heterocycles. The van der Waals surface area contributed by atoms with E-state index in [4.69, 9.17) is 4.74 Å². The highest BCUT2D eigenvalue weighted by molar-refractivity contribution is 5.98. The summed E-state index contributed by atoms with van der Waals surface area (Å²) in [6.45, 7) is 1.74. The summed E-state index contributed by atoms with van der Waals surface area (Å²) in [6.07, 6.45) is 2.57. The van der Waals surface area contributed by atoms with E-state index in [-0.39, 0.29) is 5.91 Å². The molecule has 6 nitrogen and oxygen atoms in total. The summed E-state index contributed by atoms with van der Waals surface area (Å²) in [6, 6.07) is 9.53. The van der Waals surface area contributed by atoms with E-state index in [9.17, 15) is 4.79 Å². The standard InChI is InChI=1S/C19H20N4O2/c1-22-18-7-9-23(11-15(18)17(21-22)12-25-2)19(24)14-5-6-16-13(10-14)4-3-8-20-16/h3-6,8,10H,7,9,11-12H2,1-2H3. The summed E-state index contributed by atoms with van der Waals surface area (Å²) in [5.41, 5.74) is 4.82. The molecule has 1 amide bonds. The van der Waals surface area contributed by atoms with Crippen LogP contribution in [0.3, 0.4) is 0 Å². The van der Waals surface area contributed by atoms with Gasteiger partial charge in [-0.25, -0.2) is 0 Å². The van der Waals surface area contributed by atoms with Crippen molar-refractivity contribution in [2.75, 3.05) is 13.7 Å². The van der Waals surface area contributed by atoms with Crippen LogP contribution in [0.5, 0.6) is 0 Å². The van der Waals surface area contributed by atoms with Crippen LogP contribution in [0.15, 0.2) is 36.5 Å². The molecule has 0 aliphatic carbocycles. The monoisotopic (exact) mass is 336 g/mol. The van der Waals surface area contributed by atoms with Crippen molar-refractivity contribution in [1.82, 2.24) is 19.7 Å². The molecule has 0 unspecified atom stereocenters. The average molecular weight is 336 g/mol. The summed E-state index contributed by atoms with van der Waals surface area (Å²) in [7, 11) is 3.61. The number of nitrogens with zero attached hydrogens (tertiary/aromatic N) is 4. The van der Waals surface area contributed by atoms with E-state index < -0.39 is 0 Å². The minimum Gasteiger partial charge on any atom is -0.378 e. The number of carbonyl (C=O) groups excluding carboxylic acids is 1. The van der Waals surface area contributed by atoms with Crippen LogP contribution < -0.4 is 0 Å². The van der Waals surface area contributed by atoms with Crippen LogP contribution in [0.25, 0.3) is 10.9 Å². The van der Waals surface area contributed by atoms with Gasteiger partial charge in [-0.15, -0.1) is 0 Å². The molecule has 25 heavy (non-hydrogen) atoms. The van der Waals surface area contributed by atoms with E-state index in [1.165, 1.54) is 5.69 Å². The minimum absolute atomic E-state index is 0.0450. The Bertz CT molecular complexity index is 948. The molecule has 4 rings (SSSR count). The molecule has 0 atom stereocenters. The van der Waals surface area contributed by atoms with E-state index in [1.807, 2.05) is 47.0 Å². The number of pyridine rings is 1. The normalized spacial score (nSPS) is 13.9. The smallest absolute Gasteiger partial charge is 0.254 e. The first-order chi connectivity index (χ1) is 12.2. The third-order valence-corrected chi connectivity index (χ3v) is 4.74. The summed E-state index contributed by atoms with van der Waals surface area (Å²) in [4.78, 5) is 19.2. The quantitative estimate of drug-likeness (QED) is 0.736. The zero-order valence-corrected chi connectivity index (χ0v) is 14.4. The number of carbonyl (C=O) groups is 1. The van der Waals surface area contributed by atoms with Gasteiger partial charge in [-0.3, -0.25) is 14.5 Å². The Kier molecular flexibility index (Phi) is 3.97. The fraction of sp³-hybridized carbons (Fsp3) is 0.316. The molecular weight excluding hydrogens is 316 g/mol. The van der Waals surface area contributed by atoms with E-state index >= 15 is 0 Å². The lowest BCUT2D eigenvalue weighted by Gasteiger charge is -2.28. The van der Waals surface area contributed by atoms with Crippen LogP contribution in [0.4, 0.5) is 0 Å². The molecule has 2 aromatic heterocycles. The second-order valence-corrected chi connectivity index (χ2v) is 6.32. The van der Waals surface area contributed by atoms with Gasteiger partial charge in [0.25, 0.3) is 5.91 Å². The summed E-state index contributed by atoms with van der Waals surface area (Å²) in [5, 5.41) is 5.51. The molecule has 0 bridgehead atoms. The van der Waals surface area contributed by atoms with Crippen LogP contribution in [0.1, 0.15) is 27.3 Å². The average Bonchev–Trinajstić information content (AvgIpc) is 2.96. The fourth-order valence-corrected chi connectivity index (χ4v) is 3.49. The highest BCUT2D eigenvalue weighted by Gasteiger charge is 2.27. The van der Waals surface area contributed by atoms with Gasteiger partial charge in [0.2, 0.25) is 0 Å². The van der Waals surface area contributed by atoms with Crippen LogP contribution in [-0.2, 0) is 31.4 Å². The maximum absolute atomic E-state index is 13.0. The summed E-state index contributed by atoms with van der Waals surface area (Å²) >= 11 is 0. The zero-order valence-electron chi connectivity index (χ0n) is 14.4. The number of hydrogen-bond donors (Lipinski definition) is 0. The molecular formula is C19H20N4O2. The van der Waals surface area contributed by atoms with Gasteiger partial charge in [-0.05, 0) is 24.3 Å². The predicted molar refractivity (Wildman–Crippen MR) is 94.1 cm³/mol. The Morgan fingerprint density at radius 1 is 1.32 bits per heavy atom. The summed E-state index contributed by atoms with van der Waals surface area (Å²) < 4.78 is 7.16. The molecule has 0 N–H and O–H groups in total. The largest absolute Gasteiger partial charge is 0.378 e. The highest BCUT2D eigenvalue weighted by Crippen LogP contribution is 2.24. The number of aryl methyl sites for hydroxylation is 1. The Balaban J connectivity index is 1.63. The molecule has 3 heterocycles. The van der Waals surface area contributed by atoms with Crippen LogP contribution in [0, 0.1) is 0 Å². The first-order valence-corrected chi connectivity index (χ1v) is 8.34. The molecule has 0 saturated heterocycles. The van der Waals surface area contributed by atoms with Crippen molar-refractivity contribution in [2.45, 2.75) is 19.6 Å². The number of rotatable bonds is 3. The van der Waals surface area contributed by atoms with Crippen LogP contribution in [0.2, 0.25) is 0 Å². The third-order valence-electron chi connectivity index (χ3n) is 4.74. The fourth-order valence-electron chi connectivity index (χ4n) is 3.49. The number of fused-ring (bicyclic) bond motifs is 2. The van der Waals surface area contributed by atoms with E-state index in [0.717, 1.165) is 28.6 Å². The Morgan fingerprint density at radius 3 is 3.04 bits per heavy atom. The zero-order chi connectivity index (χ0) is 17.4. The van der Waals surface area contributed by atoms with Gasteiger partial charge in [0.1, 0.15) is 0 Å². The van der Waals surface area contributed by atoms with Crippen molar-refractivity contribution < 1.29 is 9.53 Å². The lowest BCUT2D eigenvalue weighted by Crippen LogP contribution is -2.36. The molecule has 0 saturated carbocycles. The number of benzene rings is 1. The first-order valence-electron chi connectivity index (χ1n) is 8.34. The number of amides is 1. The molecule has 3 aromatic rings. The number of methoxy groups -OCH3 is 1. The number of hydrogen-bond acceptors (Lipinski definition) is 4. The van der Waals surface area contributed by atoms with Crippen molar-refractivity contribution in [3.63, 3.8) is 0 Å². The van der Waals surface area contributed by atoms with Gasteiger partial charge in [0.05, 0.1) is 17.8 Å². The van der Waals surface area contributed by atoms with Gasteiger partial charge < -0.3 is 9.64 Å². The molecule has 0 radical (unpaired) electrons. The predicted octanol–water partition coefficient (Wildman–Crippen LogP) is 2.31. The number of aromatic nitrogens is 3. The third kappa shape index (κ3) is 2.78. The van der Waals surface area contributed by atoms with Crippen molar-refractivity contribution in [1.29, 1.82) is 0 Å². The molecule has 0 spiro atoms. The number of ether oxygens (including phenoxy) is 1. The molecule has 0 fully saturated rings. The second kappa shape index (κ2) is 6.29. The van der Waals surface area contributed by atoms with Gasteiger partial charge in [-0.1, -0.05) is 6.07 Å². The van der Waals surface area contributed by atoms with Crippen molar-refractivity contribution in [2.24, 2.45) is 7.05 Å². The Morgan fingerprint density at radius 2 is 2.20 bits per heavy atom. The Labute approximate surface area is 146 Å². The first kappa shape index (κ1) is 15.8. The molecule has 1 aliphatic rings. The molecule has 6 heteroatoms. The minimum atomic E-state index is 0.0450. The molecule has 128 valence electrons. The molecule has 1 aromatic carbocycles. The van der Waals surface area contributed by atoms with Crippen LogP contribution in [-0.4, -0.2) is 39.2 Å². The van der Waals surface area contributed by atoms with E-state index in [0.29, 0.717) is 25.3 Å². The second-order valence-electron chi connectivity index (χ2n) is 6.32. The van der Waals surface area contributed by atoms with Gasteiger partial charge >= 0.3 is 0 Å².